The molecule has 1 N–H and O–H groups in total. The summed E-state index contributed by atoms with van der Waals surface area (Å²) in [6, 6.07) is 7.12. The fourth-order valence-corrected chi connectivity index (χ4v) is 7.98. The van der Waals surface area contributed by atoms with Crippen molar-refractivity contribution in [2.75, 3.05) is 6.16 Å². The van der Waals surface area contributed by atoms with E-state index in [9.17, 15) is 13.0 Å². The van der Waals surface area contributed by atoms with E-state index in [1.165, 1.54) is 51.4 Å². The Morgan fingerprint density at radius 2 is 1.78 bits per heavy atom. The number of hydrogen-bond donors (Lipinski definition) is 1. The van der Waals surface area contributed by atoms with Crippen molar-refractivity contribution in [3.63, 3.8) is 0 Å². The fourth-order valence-electron chi connectivity index (χ4n) is 3.51. The number of benzene rings is 1. The molecule has 1 unspecified atom stereocenters. The van der Waals surface area contributed by atoms with Crippen molar-refractivity contribution in [1.82, 2.24) is 0 Å². The van der Waals surface area contributed by atoms with E-state index < -0.39 is 18.0 Å². The Bertz CT molecular complexity index is 580. The van der Waals surface area contributed by atoms with Crippen LogP contribution >= 0.6 is 7.92 Å². The Morgan fingerprint density at radius 3 is 2.43 bits per heavy atom. The zero-order valence-electron chi connectivity index (χ0n) is 14.1. The van der Waals surface area contributed by atoms with Crippen molar-refractivity contribution in [3.8, 4) is 0 Å². The van der Waals surface area contributed by atoms with Crippen LogP contribution in [0.3, 0.4) is 0 Å². The SMILES string of the molecule is CCCCCCP(c1ccccc1S(=O)(=O)O)C1CCCCC1. The molecule has 1 saturated carbocycles. The topological polar surface area (TPSA) is 54.4 Å². The lowest BCUT2D eigenvalue weighted by atomic mass is 10.0. The van der Waals surface area contributed by atoms with Crippen LogP contribution < -0.4 is 5.30 Å². The van der Waals surface area contributed by atoms with Gasteiger partial charge in [0.2, 0.25) is 0 Å². The molecular weight excluding hydrogens is 327 g/mol. The van der Waals surface area contributed by atoms with E-state index in [1.54, 1.807) is 12.1 Å². The van der Waals surface area contributed by atoms with E-state index in [2.05, 4.69) is 6.92 Å². The smallest absolute Gasteiger partial charge is 0.282 e. The highest BCUT2D eigenvalue weighted by atomic mass is 32.2. The van der Waals surface area contributed by atoms with E-state index in [0.717, 1.165) is 17.9 Å². The first-order chi connectivity index (χ1) is 11.0. The molecule has 0 amide bonds. The van der Waals surface area contributed by atoms with Gasteiger partial charge in [0.05, 0.1) is 0 Å². The molecule has 5 heteroatoms. The highest BCUT2D eigenvalue weighted by Gasteiger charge is 2.28. The first kappa shape index (κ1) is 18.9. The molecule has 0 radical (unpaired) electrons. The molecule has 0 aromatic heterocycles. The summed E-state index contributed by atoms with van der Waals surface area (Å²) < 4.78 is 33.2. The first-order valence-electron chi connectivity index (χ1n) is 8.87. The van der Waals surface area contributed by atoms with Gasteiger partial charge in [-0.1, -0.05) is 71.6 Å². The molecule has 1 aromatic rings. The summed E-state index contributed by atoms with van der Waals surface area (Å²) in [5, 5.41) is 0.897. The molecule has 0 spiro atoms. The second kappa shape index (κ2) is 9.15. The highest BCUT2D eigenvalue weighted by molar-refractivity contribution is 7.86. The van der Waals surface area contributed by atoms with Crippen molar-refractivity contribution in [2.24, 2.45) is 0 Å². The Hall–Kier alpha value is -0.440. The predicted molar refractivity (Wildman–Crippen MR) is 98.7 cm³/mol. The summed E-state index contributed by atoms with van der Waals surface area (Å²) in [5.41, 5.74) is 0.614. The van der Waals surface area contributed by atoms with Crippen LogP contribution in [0.1, 0.15) is 64.7 Å². The van der Waals surface area contributed by atoms with Crippen molar-refractivity contribution >= 4 is 23.3 Å². The molecule has 23 heavy (non-hydrogen) atoms. The van der Waals surface area contributed by atoms with E-state index in [0.29, 0.717) is 5.66 Å². The Labute approximate surface area is 142 Å². The van der Waals surface area contributed by atoms with Gasteiger partial charge in [0.15, 0.2) is 0 Å². The van der Waals surface area contributed by atoms with E-state index in [1.807, 2.05) is 12.1 Å². The minimum Gasteiger partial charge on any atom is -0.282 e. The molecule has 1 aromatic carbocycles. The van der Waals surface area contributed by atoms with Gasteiger partial charge in [0.1, 0.15) is 4.90 Å². The Morgan fingerprint density at radius 1 is 1.09 bits per heavy atom. The van der Waals surface area contributed by atoms with Crippen LogP contribution in [0.4, 0.5) is 0 Å². The Balaban J connectivity index is 2.25. The minimum atomic E-state index is -4.14. The van der Waals surface area contributed by atoms with E-state index in [4.69, 9.17) is 0 Å². The number of hydrogen-bond acceptors (Lipinski definition) is 2. The summed E-state index contributed by atoms with van der Waals surface area (Å²) in [6.45, 7) is 2.21. The third kappa shape index (κ3) is 5.55. The molecular formula is C18H29O3PS. The van der Waals surface area contributed by atoms with Crippen LogP contribution in [0.5, 0.6) is 0 Å². The van der Waals surface area contributed by atoms with Crippen molar-refractivity contribution in [1.29, 1.82) is 0 Å². The predicted octanol–water partition coefficient (Wildman–Crippen LogP) is 4.95. The van der Waals surface area contributed by atoms with Gasteiger partial charge in [0, 0.05) is 0 Å². The van der Waals surface area contributed by atoms with Crippen LogP contribution in [-0.2, 0) is 10.1 Å². The molecule has 1 fully saturated rings. The summed E-state index contributed by atoms with van der Waals surface area (Å²) in [7, 11) is -4.65. The molecule has 1 aliphatic rings. The van der Waals surface area contributed by atoms with Gasteiger partial charge in [0.25, 0.3) is 10.1 Å². The van der Waals surface area contributed by atoms with E-state index >= 15 is 0 Å². The fraction of sp³-hybridized carbons (Fsp3) is 0.667. The zero-order valence-corrected chi connectivity index (χ0v) is 15.8. The molecule has 1 aliphatic carbocycles. The van der Waals surface area contributed by atoms with Crippen molar-refractivity contribution in [2.45, 2.75) is 75.3 Å². The van der Waals surface area contributed by atoms with Crippen LogP contribution in [0.2, 0.25) is 0 Å². The molecule has 3 nitrogen and oxygen atoms in total. The molecule has 2 rings (SSSR count). The largest absolute Gasteiger partial charge is 0.295 e. The highest BCUT2D eigenvalue weighted by Crippen LogP contribution is 2.48. The average Bonchev–Trinajstić information content (AvgIpc) is 2.55. The van der Waals surface area contributed by atoms with Gasteiger partial charge in [-0.15, -0.1) is 0 Å². The van der Waals surface area contributed by atoms with Crippen LogP contribution in [0, 0.1) is 0 Å². The second-order valence-corrected chi connectivity index (χ2v) is 10.5. The van der Waals surface area contributed by atoms with Crippen LogP contribution in [0.15, 0.2) is 29.2 Å². The summed E-state index contributed by atoms with van der Waals surface area (Å²) in [4.78, 5) is 0.146. The number of rotatable bonds is 8. The molecule has 1 atom stereocenters. The zero-order chi connectivity index (χ0) is 16.7. The van der Waals surface area contributed by atoms with Crippen molar-refractivity contribution < 1.29 is 13.0 Å². The monoisotopic (exact) mass is 356 g/mol. The molecule has 0 bridgehead atoms. The van der Waals surface area contributed by atoms with Gasteiger partial charge in [-0.05, 0) is 42.5 Å². The molecule has 0 saturated heterocycles. The number of unbranched alkanes of at least 4 members (excludes halogenated alkanes) is 3. The lowest BCUT2D eigenvalue weighted by molar-refractivity contribution is 0.483. The maximum atomic E-state index is 11.8. The summed E-state index contributed by atoms with van der Waals surface area (Å²) in [6.07, 6.45) is 12.2. The van der Waals surface area contributed by atoms with Gasteiger partial charge in [-0.25, -0.2) is 0 Å². The lowest BCUT2D eigenvalue weighted by Gasteiger charge is -2.32. The van der Waals surface area contributed by atoms with Crippen LogP contribution in [0.25, 0.3) is 0 Å². The minimum absolute atomic E-state index is 0.146. The summed E-state index contributed by atoms with van der Waals surface area (Å²) in [5.74, 6) is 0. The van der Waals surface area contributed by atoms with Gasteiger partial charge in [-0.3, -0.25) is 4.55 Å². The maximum Gasteiger partial charge on any atom is 0.295 e. The van der Waals surface area contributed by atoms with Crippen molar-refractivity contribution in [3.05, 3.63) is 24.3 Å². The van der Waals surface area contributed by atoms with Crippen LogP contribution in [-0.4, -0.2) is 24.8 Å². The average molecular weight is 356 g/mol. The molecule has 0 aliphatic heterocycles. The standard InChI is InChI=1S/C18H29O3PS/c1-2-3-4-10-15-22(16-11-6-5-7-12-16)17-13-8-9-14-18(17)23(19,20)21/h8-9,13-14,16H,2-7,10-12,15H2,1H3,(H,19,20,21). The third-order valence-corrected chi connectivity index (χ3v) is 8.99. The van der Waals surface area contributed by atoms with E-state index in [-0.39, 0.29) is 4.90 Å². The maximum absolute atomic E-state index is 11.8. The summed E-state index contributed by atoms with van der Waals surface area (Å²) >= 11 is 0. The molecule has 130 valence electrons. The third-order valence-electron chi connectivity index (χ3n) is 4.72. The normalized spacial score (nSPS) is 18.0. The lowest BCUT2D eigenvalue weighted by Crippen LogP contribution is -2.23. The molecule has 0 heterocycles. The quantitative estimate of drug-likeness (QED) is 0.407. The second-order valence-electron chi connectivity index (χ2n) is 6.49. The first-order valence-corrected chi connectivity index (χ1v) is 11.9. The van der Waals surface area contributed by atoms with Gasteiger partial charge in [-0.2, -0.15) is 8.42 Å². The Kier molecular flexibility index (Phi) is 7.52. The van der Waals surface area contributed by atoms with Gasteiger partial charge < -0.3 is 0 Å². The van der Waals surface area contributed by atoms with Gasteiger partial charge >= 0.3 is 0 Å².